The quantitative estimate of drug-likeness (QED) is 0.593. The van der Waals surface area contributed by atoms with Crippen molar-refractivity contribution >= 4 is 29.2 Å². The third kappa shape index (κ3) is 6.20. The molecular formula is C20H28N2O4S. The summed E-state index contributed by atoms with van der Waals surface area (Å²) in [7, 11) is 0. The molecule has 0 saturated carbocycles. The van der Waals surface area contributed by atoms with E-state index >= 15 is 0 Å². The van der Waals surface area contributed by atoms with Crippen LogP contribution < -0.4 is 10.1 Å². The van der Waals surface area contributed by atoms with Gasteiger partial charge in [-0.15, -0.1) is 0 Å². The van der Waals surface area contributed by atoms with Crippen LogP contribution in [-0.4, -0.2) is 47.7 Å². The van der Waals surface area contributed by atoms with E-state index in [4.69, 9.17) is 21.7 Å². The highest BCUT2D eigenvalue weighted by atomic mass is 32.1. The molecule has 1 fully saturated rings. The third-order valence-electron chi connectivity index (χ3n) is 4.63. The Morgan fingerprint density at radius 1 is 1.30 bits per heavy atom. The molecule has 1 aromatic carbocycles. The van der Waals surface area contributed by atoms with Crippen LogP contribution in [0.25, 0.3) is 0 Å². The summed E-state index contributed by atoms with van der Waals surface area (Å²) in [4.78, 5) is 26.2. The maximum absolute atomic E-state index is 12.5. The van der Waals surface area contributed by atoms with Gasteiger partial charge in [-0.3, -0.25) is 14.9 Å². The molecule has 1 unspecified atom stereocenters. The standard InChI is InChI=1S/C20H28N2O4S/c1-4-14(3)26-17-8-6-7-16(13-17)18(23)21-20(27)22-11-9-15(10-12-22)19(24)25-5-2/h6-8,13-15H,4-5,9-12H2,1-3H3,(H,21,23,27). The van der Waals surface area contributed by atoms with Crippen molar-refractivity contribution in [3.8, 4) is 5.75 Å². The van der Waals surface area contributed by atoms with E-state index in [-0.39, 0.29) is 23.9 Å². The molecule has 1 atom stereocenters. The second-order valence-electron chi connectivity index (χ2n) is 6.64. The molecular weight excluding hydrogens is 364 g/mol. The smallest absolute Gasteiger partial charge is 0.309 e. The number of esters is 1. The predicted molar refractivity (Wildman–Crippen MR) is 108 cm³/mol. The monoisotopic (exact) mass is 392 g/mol. The van der Waals surface area contributed by atoms with E-state index in [1.54, 1.807) is 25.1 Å². The number of rotatable bonds is 6. The van der Waals surface area contributed by atoms with Crippen LogP contribution in [0.5, 0.6) is 5.75 Å². The van der Waals surface area contributed by atoms with E-state index in [0.29, 0.717) is 49.0 Å². The number of hydrogen-bond acceptors (Lipinski definition) is 5. The average Bonchev–Trinajstić information content (AvgIpc) is 2.68. The van der Waals surface area contributed by atoms with Crippen molar-refractivity contribution in [3.05, 3.63) is 29.8 Å². The molecule has 1 amide bonds. The number of benzene rings is 1. The van der Waals surface area contributed by atoms with Crippen LogP contribution in [0.4, 0.5) is 0 Å². The van der Waals surface area contributed by atoms with Crippen molar-refractivity contribution in [2.45, 2.75) is 46.1 Å². The van der Waals surface area contributed by atoms with Crippen LogP contribution in [0.3, 0.4) is 0 Å². The second kappa shape index (κ2) is 10.3. The van der Waals surface area contributed by atoms with Gasteiger partial charge in [-0.05, 0) is 63.5 Å². The lowest BCUT2D eigenvalue weighted by Gasteiger charge is -2.32. The molecule has 0 aliphatic carbocycles. The summed E-state index contributed by atoms with van der Waals surface area (Å²) >= 11 is 5.37. The molecule has 148 valence electrons. The van der Waals surface area contributed by atoms with Gasteiger partial charge in [0.2, 0.25) is 0 Å². The molecule has 1 aromatic rings. The summed E-state index contributed by atoms with van der Waals surface area (Å²) in [6.45, 7) is 7.49. The van der Waals surface area contributed by atoms with Gasteiger partial charge >= 0.3 is 5.97 Å². The Morgan fingerprint density at radius 2 is 2.00 bits per heavy atom. The van der Waals surface area contributed by atoms with Crippen molar-refractivity contribution in [3.63, 3.8) is 0 Å². The van der Waals surface area contributed by atoms with Crippen molar-refractivity contribution in [1.82, 2.24) is 10.2 Å². The van der Waals surface area contributed by atoms with Gasteiger partial charge in [-0.1, -0.05) is 13.0 Å². The van der Waals surface area contributed by atoms with Gasteiger partial charge in [0, 0.05) is 18.7 Å². The number of amides is 1. The number of nitrogens with one attached hydrogen (secondary N) is 1. The number of nitrogens with zero attached hydrogens (tertiary/aromatic N) is 1. The van der Waals surface area contributed by atoms with Crippen molar-refractivity contribution in [2.75, 3.05) is 19.7 Å². The molecule has 1 aliphatic rings. The average molecular weight is 393 g/mol. The van der Waals surface area contributed by atoms with Crippen LogP contribution >= 0.6 is 12.2 Å². The molecule has 7 heteroatoms. The molecule has 1 N–H and O–H groups in total. The first-order chi connectivity index (χ1) is 12.9. The molecule has 6 nitrogen and oxygen atoms in total. The van der Waals surface area contributed by atoms with Crippen molar-refractivity contribution in [1.29, 1.82) is 0 Å². The highest BCUT2D eigenvalue weighted by Gasteiger charge is 2.27. The van der Waals surface area contributed by atoms with Crippen LogP contribution in [0, 0.1) is 5.92 Å². The molecule has 1 aliphatic heterocycles. The fourth-order valence-corrected chi connectivity index (χ4v) is 3.13. The fourth-order valence-electron chi connectivity index (χ4n) is 2.85. The van der Waals surface area contributed by atoms with Gasteiger partial charge in [0.15, 0.2) is 5.11 Å². The molecule has 0 spiro atoms. The van der Waals surface area contributed by atoms with Gasteiger partial charge in [0.1, 0.15) is 5.75 Å². The van der Waals surface area contributed by atoms with Gasteiger partial charge in [-0.2, -0.15) is 0 Å². The van der Waals surface area contributed by atoms with Gasteiger partial charge < -0.3 is 14.4 Å². The minimum atomic E-state index is -0.262. The summed E-state index contributed by atoms with van der Waals surface area (Å²) in [6, 6.07) is 7.08. The van der Waals surface area contributed by atoms with Gasteiger partial charge in [0.05, 0.1) is 18.6 Å². The zero-order valence-corrected chi connectivity index (χ0v) is 17.0. The topological polar surface area (TPSA) is 67.9 Å². The maximum Gasteiger partial charge on any atom is 0.309 e. The zero-order valence-electron chi connectivity index (χ0n) is 16.2. The van der Waals surface area contributed by atoms with E-state index in [9.17, 15) is 9.59 Å². The summed E-state index contributed by atoms with van der Waals surface area (Å²) < 4.78 is 10.8. The molecule has 0 radical (unpaired) electrons. The first kappa shape index (κ1) is 21.2. The first-order valence-corrected chi connectivity index (χ1v) is 9.89. The van der Waals surface area contributed by atoms with Crippen LogP contribution in [0.1, 0.15) is 50.4 Å². The fraction of sp³-hybridized carbons (Fsp3) is 0.550. The maximum atomic E-state index is 12.5. The molecule has 2 rings (SSSR count). The lowest BCUT2D eigenvalue weighted by Crippen LogP contribution is -2.47. The Kier molecular flexibility index (Phi) is 8.03. The summed E-state index contributed by atoms with van der Waals surface area (Å²) in [5, 5.41) is 3.16. The van der Waals surface area contributed by atoms with Gasteiger partial charge in [0.25, 0.3) is 5.91 Å². The Hall–Kier alpha value is -2.15. The molecule has 1 saturated heterocycles. The molecule has 0 aromatic heterocycles. The highest BCUT2D eigenvalue weighted by molar-refractivity contribution is 7.80. The van der Waals surface area contributed by atoms with E-state index in [0.717, 1.165) is 6.42 Å². The van der Waals surface area contributed by atoms with Crippen LogP contribution in [0.2, 0.25) is 0 Å². The molecule has 0 bridgehead atoms. The number of thiocarbonyl (C=S) groups is 1. The first-order valence-electron chi connectivity index (χ1n) is 9.48. The Balaban J connectivity index is 1.88. The second-order valence-corrected chi connectivity index (χ2v) is 7.02. The molecule has 1 heterocycles. The Bertz CT molecular complexity index is 672. The van der Waals surface area contributed by atoms with E-state index < -0.39 is 0 Å². The minimum Gasteiger partial charge on any atom is -0.491 e. The number of hydrogen-bond donors (Lipinski definition) is 1. The van der Waals surface area contributed by atoms with E-state index in [2.05, 4.69) is 5.32 Å². The Morgan fingerprint density at radius 3 is 2.63 bits per heavy atom. The third-order valence-corrected chi connectivity index (χ3v) is 4.99. The van der Waals surface area contributed by atoms with E-state index in [1.165, 1.54) is 0 Å². The number of ether oxygens (including phenoxy) is 2. The lowest BCUT2D eigenvalue weighted by molar-refractivity contribution is -0.149. The Labute approximate surface area is 166 Å². The lowest BCUT2D eigenvalue weighted by atomic mass is 9.97. The number of likely N-dealkylation sites (tertiary alicyclic amines) is 1. The number of carbonyl (C=O) groups is 2. The van der Waals surface area contributed by atoms with Crippen LogP contribution in [-0.2, 0) is 9.53 Å². The van der Waals surface area contributed by atoms with E-state index in [1.807, 2.05) is 24.8 Å². The largest absolute Gasteiger partial charge is 0.491 e. The minimum absolute atomic E-state index is 0.0880. The highest BCUT2D eigenvalue weighted by Crippen LogP contribution is 2.19. The van der Waals surface area contributed by atoms with Gasteiger partial charge in [-0.25, -0.2) is 0 Å². The molecule has 27 heavy (non-hydrogen) atoms. The normalized spacial score (nSPS) is 15.7. The number of carbonyl (C=O) groups excluding carboxylic acids is 2. The van der Waals surface area contributed by atoms with Crippen LogP contribution in [0.15, 0.2) is 24.3 Å². The number of piperidine rings is 1. The summed E-state index contributed by atoms with van der Waals surface area (Å²) in [5.74, 6) is 0.166. The summed E-state index contributed by atoms with van der Waals surface area (Å²) in [5.41, 5.74) is 0.500. The van der Waals surface area contributed by atoms with Crippen molar-refractivity contribution < 1.29 is 19.1 Å². The SMILES string of the molecule is CCOC(=O)C1CCN(C(=S)NC(=O)c2cccc(OC(C)CC)c2)CC1. The predicted octanol–water partition coefficient (Wildman–Crippen LogP) is 3.15. The summed E-state index contributed by atoms with van der Waals surface area (Å²) in [6.07, 6.45) is 2.33. The zero-order chi connectivity index (χ0) is 19.8. The van der Waals surface area contributed by atoms with Crippen molar-refractivity contribution in [2.24, 2.45) is 5.92 Å².